The van der Waals surface area contributed by atoms with Crippen LogP contribution in [0.5, 0.6) is 0 Å². The molecule has 0 saturated carbocycles. The Kier molecular flexibility index (Phi) is 2.99. The third-order valence-electron chi connectivity index (χ3n) is 1.78. The van der Waals surface area contributed by atoms with Gasteiger partial charge in [0.05, 0.1) is 0 Å². The van der Waals surface area contributed by atoms with Crippen molar-refractivity contribution in [3.63, 3.8) is 0 Å². The predicted molar refractivity (Wildman–Crippen MR) is 50.3 cm³/mol. The van der Waals surface area contributed by atoms with Gasteiger partial charge in [0, 0.05) is 0 Å². The molecule has 0 aliphatic heterocycles. The largest absolute Gasteiger partial charge is 0.207 e. The van der Waals surface area contributed by atoms with Crippen LogP contribution in [0.4, 0.5) is 4.39 Å². The Hall–Kier alpha value is -2.13. The Labute approximate surface area is 81.5 Å². The lowest BCUT2D eigenvalue weighted by atomic mass is 10.1. The van der Waals surface area contributed by atoms with E-state index in [4.69, 9.17) is 10.5 Å². The Morgan fingerprint density at radius 3 is 2.57 bits per heavy atom. The topological polar surface area (TPSA) is 47.6 Å². The van der Waals surface area contributed by atoms with E-state index in [2.05, 4.69) is 0 Å². The summed E-state index contributed by atoms with van der Waals surface area (Å²) >= 11 is 0. The fourth-order valence-corrected chi connectivity index (χ4v) is 1.01. The molecule has 0 amide bonds. The van der Waals surface area contributed by atoms with Gasteiger partial charge in [-0.3, -0.25) is 0 Å². The maximum atomic E-state index is 12.8. The van der Waals surface area contributed by atoms with Crippen LogP contribution in [0, 0.1) is 35.4 Å². The van der Waals surface area contributed by atoms with Crippen molar-refractivity contribution in [2.24, 2.45) is 0 Å². The summed E-state index contributed by atoms with van der Waals surface area (Å²) in [4.78, 5) is 0. The van der Waals surface area contributed by atoms with Gasteiger partial charge < -0.3 is 0 Å². The van der Waals surface area contributed by atoms with Gasteiger partial charge in [0.1, 0.15) is 23.5 Å². The van der Waals surface area contributed by atoms with E-state index in [1.54, 1.807) is 25.1 Å². The highest BCUT2D eigenvalue weighted by Gasteiger charge is 1.99. The van der Waals surface area contributed by atoms with Crippen LogP contribution in [0.15, 0.2) is 23.8 Å². The second kappa shape index (κ2) is 4.20. The minimum absolute atomic E-state index is 0.0290. The van der Waals surface area contributed by atoms with Crippen LogP contribution in [0.25, 0.3) is 6.08 Å². The van der Waals surface area contributed by atoms with Gasteiger partial charge in [-0.15, -0.1) is 0 Å². The van der Waals surface area contributed by atoms with Crippen molar-refractivity contribution < 1.29 is 4.39 Å². The second-order valence-corrected chi connectivity index (χ2v) is 2.78. The summed E-state index contributed by atoms with van der Waals surface area (Å²) < 4.78 is 12.8. The Bertz CT molecular complexity index is 445. The molecule has 1 rings (SSSR count). The van der Waals surface area contributed by atoms with E-state index >= 15 is 0 Å². The van der Waals surface area contributed by atoms with Crippen LogP contribution in [0.2, 0.25) is 0 Å². The van der Waals surface area contributed by atoms with E-state index in [1.165, 1.54) is 18.2 Å². The lowest BCUT2D eigenvalue weighted by molar-refractivity contribution is 0.627. The van der Waals surface area contributed by atoms with Gasteiger partial charge in [-0.25, -0.2) is 4.39 Å². The van der Waals surface area contributed by atoms with E-state index in [1.807, 2.05) is 0 Å². The number of hydrogen-bond donors (Lipinski definition) is 0. The molecule has 0 unspecified atom stereocenters. The van der Waals surface area contributed by atoms with Gasteiger partial charge in [0.2, 0.25) is 0 Å². The molecule has 0 spiro atoms. The summed E-state index contributed by atoms with van der Waals surface area (Å²) in [5.41, 5.74) is 1.36. The molecule has 1 aromatic rings. The SMILES string of the molecule is Cc1ccc(F)cc1C=C(C#N)C#N. The summed E-state index contributed by atoms with van der Waals surface area (Å²) in [6.07, 6.45) is 1.37. The van der Waals surface area contributed by atoms with Crippen molar-refractivity contribution in [3.05, 3.63) is 40.7 Å². The smallest absolute Gasteiger partial charge is 0.130 e. The molecule has 14 heavy (non-hydrogen) atoms. The van der Waals surface area contributed by atoms with E-state index in [9.17, 15) is 4.39 Å². The first kappa shape index (κ1) is 9.95. The molecule has 0 N–H and O–H groups in total. The first-order valence-electron chi connectivity index (χ1n) is 3.95. The average molecular weight is 186 g/mol. The molecular formula is C11H7FN2. The molecule has 68 valence electrons. The number of halogens is 1. The summed E-state index contributed by atoms with van der Waals surface area (Å²) in [6, 6.07) is 7.69. The van der Waals surface area contributed by atoms with Crippen molar-refractivity contribution in [3.8, 4) is 12.1 Å². The van der Waals surface area contributed by atoms with Crippen LogP contribution < -0.4 is 0 Å². The number of aryl methyl sites for hydroxylation is 1. The summed E-state index contributed by atoms with van der Waals surface area (Å²) in [6.45, 7) is 1.79. The molecule has 1 aromatic carbocycles. The standard InChI is InChI=1S/C11H7FN2/c1-8-2-3-11(12)5-10(8)4-9(6-13)7-14/h2-5H,1H3. The zero-order valence-electron chi connectivity index (χ0n) is 7.58. The fraction of sp³-hybridized carbons (Fsp3) is 0.0909. The van der Waals surface area contributed by atoms with Crippen LogP contribution >= 0.6 is 0 Å². The molecule has 0 radical (unpaired) electrons. The van der Waals surface area contributed by atoms with Gasteiger partial charge in [-0.1, -0.05) is 6.07 Å². The van der Waals surface area contributed by atoms with Gasteiger partial charge in [0.15, 0.2) is 0 Å². The molecule has 0 heterocycles. The Balaban J connectivity index is 3.22. The summed E-state index contributed by atoms with van der Waals surface area (Å²) in [5.74, 6) is -0.378. The number of benzene rings is 1. The molecule has 2 nitrogen and oxygen atoms in total. The molecule has 0 fully saturated rings. The minimum Gasteiger partial charge on any atom is -0.207 e. The second-order valence-electron chi connectivity index (χ2n) is 2.78. The zero-order valence-corrected chi connectivity index (χ0v) is 7.58. The van der Waals surface area contributed by atoms with E-state index in [-0.39, 0.29) is 11.4 Å². The zero-order chi connectivity index (χ0) is 10.6. The van der Waals surface area contributed by atoms with Crippen molar-refractivity contribution >= 4 is 6.08 Å². The Morgan fingerprint density at radius 2 is 2.00 bits per heavy atom. The third kappa shape index (κ3) is 2.18. The van der Waals surface area contributed by atoms with Gasteiger partial charge >= 0.3 is 0 Å². The van der Waals surface area contributed by atoms with Crippen molar-refractivity contribution in [2.45, 2.75) is 6.92 Å². The molecule has 3 heteroatoms. The number of hydrogen-bond acceptors (Lipinski definition) is 2. The first-order valence-corrected chi connectivity index (χ1v) is 3.95. The monoisotopic (exact) mass is 186 g/mol. The first-order chi connectivity index (χ1) is 6.67. The van der Waals surface area contributed by atoms with Gasteiger partial charge in [-0.2, -0.15) is 10.5 Å². The molecule has 0 saturated heterocycles. The van der Waals surface area contributed by atoms with Crippen molar-refractivity contribution in [1.29, 1.82) is 10.5 Å². The lowest BCUT2D eigenvalue weighted by Crippen LogP contribution is -1.84. The highest BCUT2D eigenvalue weighted by atomic mass is 19.1. The molecular weight excluding hydrogens is 179 g/mol. The molecule has 0 aliphatic rings. The Morgan fingerprint density at radius 1 is 1.36 bits per heavy atom. The predicted octanol–water partition coefficient (Wildman–Crippen LogP) is 2.56. The lowest BCUT2D eigenvalue weighted by Gasteiger charge is -1.99. The van der Waals surface area contributed by atoms with Crippen molar-refractivity contribution in [2.75, 3.05) is 0 Å². The number of nitrogens with zero attached hydrogens (tertiary/aromatic N) is 2. The van der Waals surface area contributed by atoms with Crippen LogP contribution in [-0.2, 0) is 0 Å². The van der Waals surface area contributed by atoms with Gasteiger partial charge in [-0.05, 0) is 36.3 Å². The normalized spacial score (nSPS) is 8.57. The van der Waals surface area contributed by atoms with E-state index in [0.29, 0.717) is 5.56 Å². The van der Waals surface area contributed by atoms with Crippen LogP contribution in [0.3, 0.4) is 0 Å². The van der Waals surface area contributed by atoms with Gasteiger partial charge in [0.25, 0.3) is 0 Å². The average Bonchev–Trinajstić information content (AvgIpc) is 2.19. The molecule has 0 aliphatic carbocycles. The van der Waals surface area contributed by atoms with Crippen LogP contribution in [-0.4, -0.2) is 0 Å². The number of allylic oxidation sites excluding steroid dienone is 1. The highest BCUT2D eigenvalue weighted by Crippen LogP contribution is 2.13. The quantitative estimate of drug-likeness (QED) is 0.633. The fourth-order valence-electron chi connectivity index (χ4n) is 1.01. The highest BCUT2D eigenvalue weighted by molar-refractivity contribution is 5.64. The maximum absolute atomic E-state index is 12.8. The molecule has 0 atom stereocenters. The number of rotatable bonds is 1. The molecule has 0 aromatic heterocycles. The van der Waals surface area contributed by atoms with Crippen molar-refractivity contribution in [1.82, 2.24) is 0 Å². The van der Waals surface area contributed by atoms with E-state index in [0.717, 1.165) is 5.56 Å². The maximum Gasteiger partial charge on any atom is 0.130 e. The summed E-state index contributed by atoms with van der Waals surface area (Å²) in [7, 11) is 0. The third-order valence-corrected chi connectivity index (χ3v) is 1.78. The van der Waals surface area contributed by atoms with E-state index < -0.39 is 0 Å². The minimum atomic E-state index is -0.378. The molecule has 0 bridgehead atoms. The summed E-state index contributed by atoms with van der Waals surface area (Å²) in [5, 5.41) is 17.0. The van der Waals surface area contributed by atoms with Crippen LogP contribution in [0.1, 0.15) is 11.1 Å². The number of nitriles is 2.